The number of halogens is 1. The highest BCUT2D eigenvalue weighted by Gasteiger charge is 2.19. The zero-order valence-corrected chi connectivity index (χ0v) is 14.4. The Bertz CT molecular complexity index is 720. The monoisotopic (exact) mass is 342 g/mol. The minimum atomic E-state index is -0.256. The van der Waals surface area contributed by atoms with Crippen LogP contribution in [0, 0.1) is 11.7 Å². The van der Waals surface area contributed by atoms with Gasteiger partial charge in [0.2, 0.25) is 0 Å². The summed E-state index contributed by atoms with van der Waals surface area (Å²) in [4.78, 5) is 22.9. The summed E-state index contributed by atoms with van der Waals surface area (Å²) in [5, 5.41) is 2.86. The summed E-state index contributed by atoms with van der Waals surface area (Å²) in [6.07, 6.45) is 4.47. The lowest BCUT2D eigenvalue weighted by atomic mass is 10.0. The van der Waals surface area contributed by atoms with Crippen molar-refractivity contribution in [2.24, 2.45) is 5.92 Å². The van der Waals surface area contributed by atoms with E-state index in [9.17, 15) is 9.18 Å². The fourth-order valence-corrected chi connectivity index (χ4v) is 3.10. The van der Waals surface area contributed by atoms with E-state index in [1.165, 1.54) is 24.9 Å². The number of piperidine rings is 1. The summed E-state index contributed by atoms with van der Waals surface area (Å²) in [5.41, 5.74) is 1.36. The lowest BCUT2D eigenvalue weighted by Gasteiger charge is -2.31. The number of nitrogens with zero attached hydrogens (tertiary/aromatic N) is 3. The fraction of sp³-hybridized carbons (Fsp3) is 0.421. The Morgan fingerprint density at radius 3 is 2.88 bits per heavy atom. The number of benzene rings is 1. The maximum absolute atomic E-state index is 12.9. The van der Waals surface area contributed by atoms with Crippen molar-refractivity contribution < 1.29 is 9.18 Å². The number of rotatable bonds is 5. The fourth-order valence-electron chi connectivity index (χ4n) is 3.10. The van der Waals surface area contributed by atoms with E-state index >= 15 is 0 Å². The van der Waals surface area contributed by atoms with Crippen LogP contribution in [0.15, 0.2) is 36.7 Å². The molecule has 2 heterocycles. The predicted octanol–water partition coefficient (Wildman–Crippen LogP) is 2.82. The molecule has 3 rings (SSSR count). The molecular weight excluding hydrogens is 319 g/mol. The van der Waals surface area contributed by atoms with Crippen molar-refractivity contribution in [2.45, 2.75) is 26.2 Å². The lowest BCUT2D eigenvalue weighted by Crippen LogP contribution is -2.35. The Morgan fingerprint density at radius 2 is 2.12 bits per heavy atom. The maximum atomic E-state index is 12.9. The van der Waals surface area contributed by atoms with Gasteiger partial charge in [-0.25, -0.2) is 14.4 Å². The summed E-state index contributed by atoms with van der Waals surface area (Å²) in [6.45, 7) is 4.64. The highest BCUT2D eigenvalue weighted by molar-refractivity contribution is 5.92. The molecule has 1 atom stereocenters. The number of anilines is 1. The number of carbonyl (C=O) groups excluding carboxylic acids is 1. The van der Waals surface area contributed by atoms with Crippen LogP contribution in [0.1, 0.15) is 35.8 Å². The third-order valence-corrected chi connectivity index (χ3v) is 4.48. The molecule has 1 fully saturated rings. The van der Waals surface area contributed by atoms with Gasteiger partial charge in [-0.15, -0.1) is 0 Å². The number of aromatic nitrogens is 2. The van der Waals surface area contributed by atoms with Gasteiger partial charge in [-0.1, -0.05) is 19.1 Å². The molecule has 1 saturated heterocycles. The van der Waals surface area contributed by atoms with Crippen molar-refractivity contribution in [1.29, 1.82) is 0 Å². The molecule has 0 saturated carbocycles. The van der Waals surface area contributed by atoms with Gasteiger partial charge in [-0.2, -0.15) is 0 Å². The van der Waals surface area contributed by atoms with Crippen molar-refractivity contribution in [3.63, 3.8) is 0 Å². The summed E-state index contributed by atoms with van der Waals surface area (Å²) < 4.78 is 12.9. The molecule has 132 valence electrons. The summed E-state index contributed by atoms with van der Waals surface area (Å²) >= 11 is 0. The molecule has 1 amide bonds. The standard InChI is InChI=1S/C19H23FN4O/c1-14-3-2-10-24(12-14)18-11-17(22-13-23-18)19(25)21-9-8-15-4-6-16(20)7-5-15/h4-7,11,13-14H,2-3,8-10,12H2,1H3,(H,21,25). The lowest BCUT2D eigenvalue weighted by molar-refractivity contribution is 0.0949. The van der Waals surface area contributed by atoms with Gasteiger partial charge >= 0.3 is 0 Å². The number of hydrogen-bond donors (Lipinski definition) is 1. The molecule has 0 aliphatic carbocycles. The molecule has 2 aromatic rings. The molecule has 1 aromatic carbocycles. The van der Waals surface area contributed by atoms with Crippen molar-refractivity contribution in [2.75, 3.05) is 24.5 Å². The van der Waals surface area contributed by atoms with Gasteiger partial charge in [-0.3, -0.25) is 4.79 Å². The van der Waals surface area contributed by atoms with E-state index in [0.29, 0.717) is 24.6 Å². The molecule has 0 radical (unpaired) electrons. The van der Waals surface area contributed by atoms with Crippen LogP contribution in [0.3, 0.4) is 0 Å². The number of amides is 1. The Balaban J connectivity index is 1.56. The van der Waals surface area contributed by atoms with Crippen LogP contribution in [-0.4, -0.2) is 35.5 Å². The Kier molecular flexibility index (Phi) is 5.58. The zero-order chi connectivity index (χ0) is 17.6. The van der Waals surface area contributed by atoms with Crippen LogP contribution in [0.4, 0.5) is 10.2 Å². The van der Waals surface area contributed by atoms with E-state index in [-0.39, 0.29) is 11.7 Å². The van der Waals surface area contributed by atoms with Crippen LogP contribution in [0.2, 0.25) is 0 Å². The zero-order valence-electron chi connectivity index (χ0n) is 14.4. The van der Waals surface area contributed by atoms with Crippen LogP contribution in [0.25, 0.3) is 0 Å². The van der Waals surface area contributed by atoms with E-state index < -0.39 is 0 Å². The first kappa shape index (κ1) is 17.3. The minimum Gasteiger partial charge on any atom is -0.356 e. The molecular formula is C19H23FN4O. The highest BCUT2D eigenvalue weighted by atomic mass is 19.1. The summed E-state index contributed by atoms with van der Waals surface area (Å²) in [7, 11) is 0. The second kappa shape index (κ2) is 8.05. The van der Waals surface area contributed by atoms with Crippen LogP contribution < -0.4 is 10.2 Å². The first-order valence-corrected chi connectivity index (χ1v) is 8.71. The Labute approximate surface area is 147 Å². The maximum Gasteiger partial charge on any atom is 0.270 e. The normalized spacial score (nSPS) is 17.4. The minimum absolute atomic E-state index is 0.212. The third kappa shape index (κ3) is 4.75. The van der Waals surface area contributed by atoms with Crippen molar-refractivity contribution in [1.82, 2.24) is 15.3 Å². The van der Waals surface area contributed by atoms with Crippen molar-refractivity contribution in [3.8, 4) is 0 Å². The smallest absolute Gasteiger partial charge is 0.270 e. The van der Waals surface area contributed by atoms with Crippen molar-refractivity contribution >= 4 is 11.7 Å². The van der Waals surface area contributed by atoms with Gasteiger partial charge in [0.25, 0.3) is 5.91 Å². The summed E-state index contributed by atoms with van der Waals surface area (Å²) in [5.74, 6) is 0.978. The molecule has 1 N–H and O–H groups in total. The first-order chi connectivity index (χ1) is 12.1. The van der Waals surface area contributed by atoms with Crippen LogP contribution in [0.5, 0.6) is 0 Å². The molecule has 0 spiro atoms. The predicted molar refractivity (Wildman–Crippen MR) is 95.1 cm³/mol. The van der Waals surface area contributed by atoms with Gasteiger partial charge in [0.1, 0.15) is 23.7 Å². The molecule has 1 aromatic heterocycles. The Morgan fingerprint density at radius 1 is 1.32 bits per heavy atom. The third-order valence-electron chi connectivity index (χ3n) is 4.48. The molecule has 25 heavy (non-hydrogen) atoms. The highest BCUT2D eigenvalue weighted by Crippen LogP contribution is 2.21. The van der Waals surface area contributed by atoms with E-state index in [1.807, 2.05) is 0 Å². The van der Waals surface area contributed by atoms with Crippen LogP contribution >= 0.6 is 0 Å². The van der Waals surface area contributed by atoms with Gasteiger partial charge in [0.15, 0.2) is 0 Å². The summed E-state index contributed by atoms with van der Waals surface area (Å²) in [6, 6.07) is 8.05. The van der Waals surface area contributed by atoms with Gasteiger partial charge in [-0.05, 0) is 42.9 Å². The quantitative estimate of drug-likeness (QED) is 0.908. The largest absolute Gasteiger partial charge is 0.356 e. The van der Waals surface area contributed by atoms with Crippen molar-refractivity contribution in [3.05, 3.63) is 53.7 Å². The number of carbonyl (C=O) groups is 1. The Hall–Kier alpha value is -2.50. The van der Waals surface area contributed by atoms with E-state index in [2.05, 4.69) is 27.1 Å². The number of hydrogen-bond acceptors (Lipinski definition) is 4. The van der Waals surface area contributed by atoms with E-state index in [0.717, 1.165) is 30.9 Å². The van der Waals surface area contributed by atoms with E-state index in [4.69, 9.17) is 0 Å². The number of nitrogens with one attached hydrogen (secondary N) is 1. The topological polar surface area (TPSA) is 58.1 Å². The molecule has 1 aliphatic heterocycles. The van der Waals surface area contributed by atoms with Gasteiger partial charge in [0.05, 0.1) is 0 Å². The average molecular weight is 342 g/mol. The van der Waals surface area contributed by atoms with Crippen LogP contribution in [-0.2, 0) is 6.42 Å². The molecule has 1 unspecified atom stereocenters. The second-order valence-electron chi connectivity index (χ2n) is 6.59. The van der Waals surface area contributed by atoms with Gasteiger partial charge < -0.3 is 10.2 Å². The first-order valence-electron chi connectivity index (χ1n) is 8.71. The SMILES string of the molecule is CC1CCCN(c2cc(C(=O)NCCc3ccc(F)cc3)ncn2)C1. The molecule has 5 nitrogen and oxygen atoms in total. The average Bonchev–Trinajstić information content (AvgIpc) is 2.63. The second-order valence-corrected chi connectivity index (χ2v) is 6.59. The molecule has 0 bridgehead atoms. The molecule has 6 heteroatoms. The van der Waals surface area contributed by atoms with Gasteiger partial charge in [0, 0.05) is 25.7 Å². The molecule has 1 aliphatic rings. The van der Waals surface area contributed by atoms with E-state index in [1.54, 1.807) is 18.2 Å².